The number of rotatable bonds is 8. The van der Waals surface area contributed by atoms with Gasteiger partial charge in [0, 0.05) is 17.7 Å². The van der Waals surface area contributed by atoms with Crippen molar-refractivity contribution in [1.29, 1.82) is 0 Å². The fraction of sp³-hybridized carbons (Fsp3) is 0.348. The van der Waals surface area contributed by atoms with E-state index in [4.69, 9.17) is 18.9 Å². The molecule has 2 aromatic carbocycles. The average molecular weight is 454 g/mol. The van der Waals surface area contributed by atoms with Crippen LogP contribution in [0.4, 0.5) is 0 Å². The highest BCUT2D eigenvalue weighted by atomic mass is 32.2. The van der Waals surface area contributed by atoms with Crippen LogP contribution in [0.3, 0.4) is 0 Å². The minimum Gasteiger partial charge on any atom is -0.497 e. The van der Waals surface area contributed by atoms with E-state index in [1.165, 1.54) is 11.8 Å². The lowest BCUT2D eigenvalue weighted by molar-refractivity contribution is 0.0953. The van der Waals surface area contributed by atoms with E-state index in [-0.39, 0.29) is 24.4 Å². The second-order valence-corrected chi connectivity index (χ2v) is 8.50. The molecule has 0 aliphatic carbocycles. The Balaban J connectivity index is 1.36. The third-order valence-electron chi connectivity index (χ3n) is 5.50. The highest BCUT2D eigenvalue weighted by Gasteiger charge is 2.23. The van der Waals surface area contributed by atoms with Gasteiger partial charge in [0.25, 0.3) is 0 Å². The summed E-state index contributed by atoms with van der Waals surface area (Å²) in [6, 6.07) is 13.0. The van der Waals surface area contributed by atoms with Gasteiger partial charge in [0.05, 0.1) is 25.5 Å². The molecule has 1 aromatic heterocycles. The van der Waals surface area contributed by atoms with Crippen LogP contribution in [0.15, 0.2) is 47.6 Å². The second kappa shape index (κ2) is 9.22. The van der Waals surface area contributed by atoms with Gasteiger partial charge in [-0.1, -0.05) is 11.8 Å². The Bertz CT molecular complexity index is 1110. The number of methoxy groups -OCH3 is 1. The normalized spacial score (nSPS) is 17.0. The first kappa shape index (κ1) is 20.8. The molecule has 0 bridgehead atoms. The van der Waals surface area contributed by atoms with Gasteiger partial charge in [-0.25, -0.2) is 0 Å². The van der Waals surface area contributed by atoms with Crippen LogP contribution in [-0.2, 0) is 11.3 Å². The summed E-state index contributed by atoms with van der Waals surface area (Å²) in [6.07, 6.45) is 2.17. The van der Waals surface area contributed by atoms with Crippen molar-refractivity contribution in [3.8, 4) is 28.6 Å². The smallest absolute Gasteiger partial charge is 0.231 e. The Morgan fingerprint density at radius 2 is 2.00 bits per heavy atom. The minimum atomic E-state index is -0.00837. The van der Waals surface area contributed by atoms with Crippen molar-refractivity contribution in [3.05, 3.63) is 48.0 Å². The molecule has 2 aliphatic rings. The SMILES string of the molecule is COc1ccc(-c2nnc(SCC(=O)c3ccc4c(c3)OCO4)n2CC2CCCO2)cc1. The van der Waals surface area contributed by atoms with Gasteiger partial charge < -0.3 is 18.9 Å². The van der Waals surface area contributed by atoms with Gasteiger partial charge >= 0.3 is 0 Å². The lowest BCUT2D eigenvalue weighted by Gasteiger charge is -2.15. The zero-order valence-corrected chi connectivity index (χ0v) is 18.5. The summed E-state index contributed by atoms with van der Waals surface area (Å²) in [6.45, 7) is 1.60. The first-order valence-corrected chi connectivity index (χ1v) is 11.4. The lowest BCUT2D eigenvalue weighted by Crippen LogP contribution is -2.17. The first-order valence-electron chi connectivity index (χ1n) is 10.5. The molecule has 3 aromatic rings. The number of fused-ring (bicyclic) bond motifs is 1. The Kier molecular flexibility index (Phi) is 6.00. The van der Waals surface area contributed by atoms with E-state index in [9.17, 15) is 4.79 Å². The molecule has 1 saturated heterocycles. The van der Waals surface area contributed by atoms with E-state index in [0.717, 1.165) is 36.6 Å². The Hall–Kier alpha value is -3.04. The Morgan fingerprint density at radius 1 is 1.16 bits per heavy atom. The van der Waals surface area contributed by atoms with Crippen LogP contribution in [0.5, 0.6) is 17.2 Å². The third-order valence-corrected chi connectivity index (χ3v) is 6.47. The molecule has 0 spiro atoms. The molecule has 166 valence electrons. The highest BCUT2D eigenvalue weighted by molar-refractivity contribution is 7.99. The zero-order chi connectivity index (χ0) is 21.9. The van der Waals surface area contributed by atoms with Crippen LogP contribution < -0.4 is 14.2 Å². The molecule has 32 heavy (non-hydrogen) atoms. The number of Topliss-reactive ketones (excluding diaryl/α,β-unsaturated/α-hetero) is 1. The van der Waals surface area contributed by atoms with Crippen LogP contribution >= 0.6 is 11.8 Å². The van der Waals surface area contributed by atoms with Crippen molar-refractivity contribution in [2.24, 2.45) is 0 Å². The van der Waals surface area contributed by atoms with Crippen LogP contribution in [0.25, 0.3) is 11.4 Å². The lowest BCUT2D eigenvalue weighted by atomic mass is 10.1. The van der Waals surface area contributed by atoms with Crippen molar-refractivity contribution in [3.63, 3.8) is 0 Å². The zero-order valence-electron chi connectivity index (χ0n) is 17.7. The fourth-order valence-corrected chi connectivity index (χ4v) is 4.63. The molecule has 8 nitrogen and oxygen atoms in total. The van der Waals surface area contributed by atoms with E-state index < -0.39 is 0 Å². The maximum absolute atomic E-state index is 12.8. The molecule has 0 saturated carbocycles. The largest absolute Gasteiger partial charge is 0.497 e. The number of hydrogen-bond acceptors (Lipinski definition) is 8. The molecule has 1 fully saturated rings. The molecular formula is C23H23N3O5S. The predicted molar refractivity (Wildman–Crippen MR) is 119 cm³/mol. The van der Waals surface area contributed by atoms with E-state index >= 15 is 0 Å². The average Bonchev–Trinajstić information content (AvgIpc) is 3.59. The summed E-state index contributed by atoms with van der Waals surface area (Å²) in [5.74, 6) is 3.03. The Labute approximate surface area is 189 Å². The Morgan fingerprint density at radius 3 is 2.78 bits per heavy atom. The second-order valence-electron chi connectivity index (χ2n) is 7.56. The third kappa shape index (κ3) is 4.31. The molecule has 1 atom stereocenters. The van der Waals surface area contributed by atoms with Crippen LogP contribution in [0.2, 0.25) is 0 Å². The van der Waals surface area contributed by atoms with Gasteiger partial charge in [0.1, 0.15) is 5.75 Å². The summed E-state index contributed by atoms with van der Waals surface area (Å²) in [5.41, 5.74) is 1.52. The van der Waals surface area contributed by atoms with E-state index in [0.29, 0.717) is 28.8 Å². The number of thioether (sulfide) groups is 1. The number of hydrogen-bond donors (Lipinski definition) is 0. The first-order chi connectivity index (χ1) is 15.7. The molecule has 1 unspecified atom stereocenters. The minimum absolute atomic E-state index is 0.00837. The molecule has 3 heterocycles. The van der Waals surface area contributed by atoms with Gasteiger partial charge in [0.2, 0.25) is 6.79 Å². The predicted octanol–water partition coefficient (Wildman–Crippen LogP) is 3.84. The highest BCUT2D eigenvalue weighted by Crippen LogP contribution is 2.33. The topological polar surface area (TPSA) is 84.7 Å². The van der Waals surface area contributed by atoms with Gasteiger partial charge in [-0.3, -0.25) is 9.36 Å². The van der Waals surface area contributed by atoms with Crippen molar-refractivity contribution in [2.75, 3.05) is 26.3 Å². The summed E-state index contributed by atoms with van der Waals surface area (Å²) in [4.78, 5) is 12.8. The van der Waals surface area contributed by atoms with Crippen molar-refractivity contribution >= 4 is 17.5 Å². The van der Waals surface area contributed by atoms with E-state index in [2.05, 4.69) is 14.8 Å². The fourth-order valence-electron chi connectivity index (χ4n) is 3.79. The van der Waals surface area contributed by atoms with E-state index in [1.54, 1.807) is 25.3 Å². The van der Waals surface area contributed by atoms with Gasteiger partial charge in [-0.2, -0.15) is 0 Å². The summed E-state index contributed by atoms with van der Waals surface area (Å²) >= 11 is 1.38. The van der Waals surface area contributed by atoms with Crippen LogP contribution in [-0.4, -0.2) is 52.9 Å². The maximum Gasteiger partial charge on any atom is 0.231 e. The number of nitrogens with zero attached hydrogens (tertiary/aromatic N) is 3. The summed E-state index contributed by atoms with van der Waals surface area (Å²) in [7, 11) is 1.64. The molecule has 2 aliphatic heterocycles. The summed E-state index contributed by atoms with van der Waals surface area (Å²) < 4.78 is 23.9. The van der Waals surface area contributed by atoms with Gasteiger partial charge in [-0.05, 0) is 55.3 Å². The molecule has 0 N–H and O–H groups in total. The monoisotopic (exact) mass is 453 g/mol. The number of carbonyl (C=O) groups excluding carboxylic acids is 1. The summed E-state index contributed by atoms with van der Waals surface area (Å²) in [5, 5.41) is 9.52. The van der Waals surface area contributed by atoms with Crippen molar-refractivity contribution in [1.82, 2.24) is 14.8 Å². The standard InChI is InChI=1S/C23H23N3O5S/c1-28-17-7-4-15(5-8-17)22-24-25-23(26(22)12-18-3-2-10-29-18)32-13-19(27)16-6-9-20-21(11-16)31-14-30-20/h4-9,11,18H,2-3,10,12-14H2,1H3. The number of benzene rings is 2. The quantitative estimate of drug-likeness (QED) is 0.376. The number of ether oxygens (including phenoxy) is 4. The molecule has 9 heteroatoms. The maximum atomic E-state index is 12.8. The van der Waals surface area contributed by atoms with Crippen molar-refractivity contribution < 1.29 is 23.7 Å². The van der Waals surface area contributed by atoms with Crippen molar-refractivity contribution in [2.45, 2.75) is 30.6 Å². The van der Waals surface area contributed by atoms with Gasteiger partial charge in [0.15, 0.2) is 28.3 Å². The molecule has 5 rings (SSSR count). The molecular weight excluding hydrogens is 430 g/mol. The number of aromatic nitrogens is 3. The van der Waals surface area contributed by atoms with Gasteiger partial charge in [-0.15, -0.1) is 10.2 Å². The number of carbonyl (C=O) groups is 1. The number of ketones is 1. The van der Waals surface area contributed by atoms with Crippen LogP contribution in [0, 0.1) is 0 Å². The van der Waals surface area contributed by atoms with Crippen LogP contribution in [0.1, 0.15) is 23.2 Å². The molecule has 0 radical (unpaired) electrons. The van der Waals surface area contributed by atoms with E-state index in [1.807, 2.05) is 24.3 Å². The molecule has 0 amide bonds.